The summed E-state index contributed by atoms with van der Waals surface area (Å²) in [7, 11) is 0. The summed E-state index contributed by atoms with van der Waals surface area (Å²) >= 11 is 6.29. The molecule has 0 nitrogen and oxygen atoms in total. The second-order valence-electron chi connectivity index (χ2n) is 4.81. The number of benzene rings is 2. The van der Waals surface area contributed by atoms with Gasteiger partial charge in [0.05, 0.1) is 0 Å². The van der Waals surface area contributed by atoms with E-state index in [1.54, 1.807) is 0 Å². The van der Waals surface area contributed by atoms with E-state index in [0.717, 1.165) is 17.0 Å². The van der Waals surface area contributed by atoms with Crippen LogP contribution >= 0.6 is 11.6 Å². The molecule has 0 aliphatic heterocycles. The summed E-state index contributed by atoms with van der Waals surface area (Å²) in [5.74, 6) is 0. The molecule has 2 rings (SSSR count). The van der Waals surface area contributed by atoms with Crippen molar-refractivity contribution in [2.75, 3.05) is 0 Å². The molecule has 98 valence electrons. The Kier molecular flexibility index (Phi) is 4.44. The zero-order valence-corrected chi connectivity index (χ0v) is 12.5. The molecule has 0 heterocycles. The van der Waals surface area contributed by atoms with Crippen molar-refractivity contribution in [1.82, 2.24) is 0 Å². The SMILES string of the molecule is CC/C=C(\c1ccccc1)c1cc(Cl)c(C)cc1C. The molecule has 0 unspecified atom stereocenters. The predicted molar refractivity (Wildman–Crippen MR) is 84.7 cm³/mol. The number of hydrogen-bond donors (Lipinski definition) is 0. The van der Waals surface area contributed by atoms with Crippen LogP contribution in [-0.4, -0.2) is 0 Å². The van der Waals surface area contributed by atoms with Gasteiger partial charge in [-0.05, 0) is 54.2 Å². The van der Waals surface area contributed by atoms with Gasteiger partial charge in [0.2, 0.25) is 0 Å². The Morgan fingerprint density at radius 1 is 1.05 bits per heavy atom. The maximum Gasteiger partial charge on any atom is 0.0441 e. The van der Waals surface area contributed by atoms with E-state index in [0.29, 0.717) is 0 Å². The normalized spacial score (nSPS) is 11.7. The van der Waals surface area contributed by atoms with Crippen molar-refractivity contribution < 1.29 is 0 Å². The second kappa shape index (κ2) is 6.08. The summed E-state index contributed by atoms with van der Waals surface area (Å²) in [5.41, 5.74) is 6.13. The Morgan fingerprint density at radius 2 is 1.74 bits per heavy atom. The van der Waals surface area contributed by atoms with E-state index in [4.69, 9.17) is 11.6 Å². The van der Waals surface area contributed by atoms with Crippen LogP contribution < -0.4 is 0 Å². The summed E-state index contributed by atoms with van der Waals surface area (Å²) in [6.45, 7) is 6.35. The minimum Gasteiger partial charge on any atom is -0.0840 e. The largest absolute Gasteiger partial charge is 0.0840 e. The van der Waals surface area contributed by atoms with Gasteiger partial charge in [-0.3, -0.25) is 0 Å². The molecule has 0 radical (unpaired) electrons. The van der Waals surface area contributed by atoms with E-state index < -0.39 is 0 Å². The van der Waals surface area contributed by atoms with Crippen molar-refractivity contribution in [1.29, 1.82) is 0 Å². The van der Waals surface area contributed by atoms with Gasteiger partial charge in [0.1, 0.15) is 0 Å². The van der Waals surface area contributed by atoms with Gasteiger partial charge in [-0.1, -0.05) is 61.0 Å². The zero-order valence-electron chi connectivity index (χ0n) is 11.7. The number of hydrogen-bond acceptors (Lipinski definition) is 0. The van der Waals surface area contributed by atoms with Crippen LogP contribution in [0, 0.1) is 13.8 Å². The molecule has 0 bridgehead atoms. The van der Waals surface area contributed by atoms with Crippen molar-refractivity contribution in [2.45, 2.75) is 27.2 Å². The topological polar surface area (TPSA) is 0 Å². The van der Waals surface area contributed by atoms with E-state index in [1.165, 1.54) is 22.3 Å². The Balaban J connectivity index is 2.59. The quantitative estimate of drug-likeness (QED) is 0.661. The molecule has 1 heteroatoms. The van der Waals surface area contributed by atoms with E-state index >= 15 is 0 Å². The Hall–Kier alpha value is -1.53. The molecular formula is C18H19Cl. The highest BCUT2D eigenvalue weighted by atomic mass is 35.5. The molecule has 0 saturated carbocycles. The van der Waals surface area contributed by atoms with Gasteiger partial charge in [-0.25, -0.2) is 0 Å². The van der Waals surface area contributed by atoms with Crippen LogP contribution in [0.3, 0.4) is 0 Å². The van der Waals surface area contributed by atoms with Crippen molar-refractivity contribution in [2.24, 2.45) is 0 Å². The first-order valence-corrected chi connectivity index (χ1v) is 7.04. The van der Waals surface area contributed by atoms with Crippen molar-refractivity contribution in [3.05, 3.63) is 75.8 Å². The average molecular weight is 271 g/mol. The van der Waals surface area contributed by atoms with Crippen molar-refractivity contribution in [3.8, 4) is 0 Å². The highest BCUT2D eigenvalue weighted by Crippen LogP contribution is 2.30. The minimum atomic E-state index is 0.832. The third-order valence-electron chi connectivity index (χ3n) is 3.29. The molecule has 0 amide bonds. The Morgan fingerprint density at radius 3 is 2.37 bits per heavy atom. The number of rotatable bonds is 3. The van der Waals surface area contributed by atoms with Gasteiger partial charge in [0.25, 0.3) is 0 Å². The predicted octanol–water partition coefficient (Wildman–Crippen LogP) is 5.80. The Bertz CT molecular complexity index is 595. The van der Waals surface area contributed by atoms with Crippen LogP contribution in [0.2, 0.25) is 5.02 Å². The first-order valence-electron chi connectivity index (χ1n) is 6.66. The molecule has 0 atom stereocenters. The molecule has 2 aromatic carbocycles. The molecule has 0 fully saturated rings. The van der Waals surface area contributed by atoms with Crippen LogP contribution in [-0.2, 0) is 0 Å². The summed E-state index contributed by atoms with van der Waals surface area (Å²) < 4.78 is 0. The second-order valence-corrected chi connectivity index (χ2v) is 5.22. The van der Waals surface area contributed by atoms with Gasteiger partial charge < -0.3 is 0 Å². The van der Waals surface area contributed by atoms with Crippen LogP contribution in [0.5, 0.6) is 0 Å². The average Bonchev–Trinajstić information content (AvgIpc) is 2.42. The Labute approximate surface area is 120 Å². The first kappa shape index (κ1) is 13.9. The summed E-state index contributed by atoms with van der Waals surface area (Å²) in [6, 6.07) is 14.7. The number of halogens is 1. The van der Waals surface area contributed by atoms with Gasteiger partial charge in [0, 0.05) is 5.02 Å². The van der Waals surface area contributed by atoms with Crippen LogP contribution in [0.15, 0.2) is 48.5 Å². The maximum absolute atomic E-state index is 6.29. The summed E-state index contributed by atoms with van der Waals surface area (Å²) in [6.07, 6.45) is 3.28. The lowest BCUT2D eigenvalue weighted by Gasteiger charge is -2.13. The molecule has 0 aromatic heterocycles. The molecule has 0 N–H and O–H groups in total. The van der Waals surface area contributed by atoms with Gasteiger partial charge in [-0.2, -0.15) is 0 Å². The number of allylic oxidation sites excluding steroid dienone is 1. The summed E-state index contributed by atoms with van der Waals surface area (Å²) in [5, 5.41) is 0.832. The van der Waals surface area contributed by atoms with Crippen LogP contribution in [0.4, 0.5) is 0 Å². The fourth-order valence-corrected chi connectivity index (χ4v) is 2.48. The van der Waals surface area contributed by atoms with Crippen molar-refractivity contribution >= 4 is 17.2 Å². The van der Waals surface area contributed by atoms with Gasteiger partial charge in [-0.15, -0.1) is 0 Å². The maximum atomic E-state index is 6.29. The smallest absolute Gasteiger partial charge is 0.0441 e. The molecule has 0 aliphatic carbocycles. The minimum absolute atomic E-state index is 0.832. The van der Waals surface area contributed by atoms with Crippen LogP contribution in [0.25, 0.3) is 5.57 Å². The molecular weight excluding hydrogens is 252 g/mol. The third-order valence-corrected chi connectivity index (χ3v) is 3.70. The fourth-order valence-electron chi connectivity index (χ4n) is 2.32. The van der Waals surface area contributed by atoms with E-state index in [2.05, 4.69) is 56.3 Å². The lowest BCUT2D eigenvalue weighted by Crippen LogP contribution is -1.93. The third kappa shape index (κ3) is 3.08. The molecule has 2 aromatic rings. The molecule has 0 aliphatic rings. The lowest BCUT2D eigenvalue weighted by molar-refractivity contribution is 1.22. The fraction of sp³-hybridized carbons (Fsp3) is 0.222. The molecule has 0 saturated heterocycles. The molecule has 19 heavy (non-hydrogen) atoms. The standard InChI is InChI=1S/C18H19Cl/c1-4-8-16(15-9-6-5-7-10-15)17-12-18(19)14(3)11-13(17)2/h5-12H,4H2,1-3H3/b16-8+. The van der Waals surface area contributed by atoms with E-state index in [-0.39, 0.29) is 0 Å². The first-order chi connectivity index (χ1) is 9.13. The highest BCUT2D eigenvalue weighted by Gasteiger charge is 2.09. The van der Waals surface area contributed by atoms with Gasteiger partial charge >= 0.3 is 0 Å². The van der Waals surface area contributed by atoms with Gasteiger partial charge in [0.15, 0.2) is 0 Å². The highest BCUT2D eigenvalue weighted by molar-refractivity contribution is 6.31. The molecule has 0 spiro atoms. The van der Waals surface area contributed by atoms with E-state index in [9.17, 15) is 0 Å². The monoisotopic (exact) mass is 270 g/mol. The van der Waals surface area contributed by atoms with E-state index in [1.807, 2.05) is 13.0 Å². The lowest BCUT2D eigenvalue weighted by atomic mass is 9.92. The number of aryl methyl sites for hydroxylation is 2. The zero-order chi connectivity index (χ0) is 13.8. The van der Waals surface area contributed by atoms with Crippen molar-refractivity contribution in [3.63, 3.8) is 0 Å². The summed E-state index contributed by atoms with van der Waals surface area (Å²) in [4.78, 5) is 0. The van der Waals surface area contributed by atoms with Crippen LogP contribution in [0.1, 0.15) is 35.6 Å².